The zero-order chi connectivity index (χ0) is 13.5. The molecule has 1 aromatic heterocycles. The van der Waals surface area contributed by atoms with Gasteiger partial charge in [0, 0.05) is 22.4 Å². The minimum absolute atomic E-state index is 0.379. The summed E-state index contributed by atoms with van der Waals surface area (Å²) in [7, 11) is 1.34. The molecule has 4 nitrogen and oxygen atoms in total. The summed E-state index contributed by atoms with van der Waals surface area (Å²) < 4.78 is 5.53. The number of rotatable bonds is 6. The molecule has 0 fully saturated rings. The summed E-state index contributed by atoms with van der Waals surface area (Å²) in [6, 6.07) is 1.76. The number of pyridine rings is 1. The van der Waals surface area contributed by atoms with Crippen LogP contribution < -0.4 is 0 Å². The number of aliphatic hydroxyl groups excluding tert-OH is 1. The fourth-order valence-electron chi connectivity index (χ4n) is 1.80. The minimum atomic E-state index is -0.881. The molecule has 1 N–H and O–H groups in total. The van der Waals surface area contributed by atoms with Gasteiger partial charge in [0.05, 0.1) is 19.1 Å². The second-order valence-corrected chi connectivity index (χ2v) is 5.07. The molecule has 5 heteroatoms. The first-order chi connectivity index (χ1) is 8.60. The number of methoxy groups -OCH3 is 1. The van der Waals surface area contributed by atoms with Crippen molar-refractivity contribution in [3.8, 4) is 0 Å². The summed E-state index contributed by atoms with van der Waals surface area (Å²) in [6.07, 6.45) is 4.77. The molecular weight excluding hydrogens is 298 g/mol. The van der Waals surface area contributed by atoms with Gasteiger partial charge < -0.3 is 9.84 Å². The van der Waals surface area contributed by atoms with Crippen LogP contribution in [0.1, 0.15) is 37.9 Å². The molecular formula is C13H18BrNO3. The summed E-state index contributed by atoms with van der Waals surface area (Å²) in [5, 5.41) is 10.3. The number of unbranched alkanes of at least 4 members (excludes halogenated alkanes) is 1. The highest BCUT2D eigenvalue weighted by molar-refractivity contribution is 9.10. The zero-order valence-corrected chi connectivity index (χ0v) is 12.2. The maximum atomic E-state index is 11.7. The first-order valence-electron chi connectivity index (χ1n) is 5.96. The highest BCUT2D eigenvalue weighted by Crippen LogP contribution is 2.28. The Labute approximate surface area is 116 Å². The summed E-state index contributed by atoms with van der Waals surface area (Å²) in [4.78, 5) is 15.7. The quantitative estimate of drug-likeness (QED) is 0.820. The van der Waals surface area contributed by atoms with Crippen molar-refractivity contribution in [1.82, 2.24) is 4.98 Å². The lowest BCUT2D eigenvalue weighted by molar-refractivity contribution is -0.150. The molecule has 0 radical (unpaired) electrons. The molecule has 0 aliphatic carbocycles. The SMILES string of the molecule is CCCCC(C(=O)OC)C(O)c1cncc(Br)c1. The second-order valence-electron chi connectivity index (χ2n) is 4.15. The van der Waals surface area contributed by atoms with E-state index in [-0.39, 0.29) is 5.97 Å². The molecule has 2 unspecified atom stereocenters. The van der Waals surface area contributed by atoms with Crippen LogP contribution in [0, 0.1) is 5.92 Å². The van der Waals surface area contributed by atoms with Crippen LogP contribution in [-0.4, -0.2) is 23.2 Å². The lowest BCUT2D eigenvalue weighted by atomic mass is 9.92. The molecule has 2 atom stereocenters. The number of ether oxygens (including phenoxy) is 1. The number of hydrogen-bond donors (Lipinski definition) is 1. The first-order valence-corrected chi connectivity index (χ1v) is 6.75. The van der Waals surface area contributed by atoms with Crippen LogP contribution in [0.4, 0.5) is 0 Å². The maximum absolute atomic E-state index is 11.7. The van der Waals surface area contributed by atoms with Gasteiger partial charge in [-0.1, -0.05) is 19.8 Å². The second kappa shape index (κ2) is 7.48. The van der Waals surface area contributed by atoms with Gasteiger partial charge in [-0.05, 0) is 28.4 Å². The number of hydrogen-bond acceptors (Lipinski definition) is 4. The lowest BCUT2D eigenvalue weighted by Gasteiger charge is -2.20. The molecule has 100 valence electrons. The van der Waals surface area contributed by atoms with E-state index >= 15 is 0 Å². The number of aliphatic hydroxyl groups is 1. The van der Waals surface area contributed by atoms with E-state index in [1.54, 1.807) is 18.5 Å². The van der Waals surface area contributed by atoms with Gasteiger partial charge in [-0.2, -0.15) is 0 Å². The summed E-state index contributed by atoms with van der Waals surface area (Å²) in [6.45, 7) is 2.04. The predicted molar refractivity (Wildman–Crippen MR) is 71.9 cm³/mol. The number of carbonyl (C=O) groups is 1. The van der Waals surface area contributed by atoms with Crippen molar-refractivity contribution < 1.29 is 14.6 Å². The van der Waals surface area contributed by atoms with E-state index in [2.05, 4.69) is 20.9 Å². The molecule has 0 bridgehead atoms. The van der Waals surface area contributed by atoms with Crippen molar-refractivity contribution in [3.05, 3.63) is 28.5 Å². The van der Waals surface area contributed by atoms with Gasteiger partial charge in [0.15, 0.2) is 0 Å². The van der Waals surface area contributed by atoms with Crippen LogP contribution in [0.2, 0.25) is 0 Å². The minimum Gasteiger partial charge on any atom is -0.469 e. The summed E-state index contributed by atoms with van der Waals surface area (Å²) in [5.74, 6) is -0.915. The van der Waals surface area contributed by atoms with E-state index < -0.39 is 12.0 Å². The molecule has 1 heterocycles. The Kier molecular flexibility index (Phi) is 6.29. The lowest BCUT2D eigenvalue weighted by Crippen LogP contribution is -2.23. The van der Waals surface area contributed by atoms with Crippen molar-refractivity contribution >= 4 is 21.9 Å². The molecule has 1 aromatic rings. The van der Waals surface area contributed by atoms with Crippen LogP contribution in [0.25, 0.3) is 0 Å². The predicted octanol–water partition coefficient (Wildman–Crippen LogP) is 2.86. The third kappa shape index (κ3) is 4.07. The van der Waals surface area contributed by atoms with Crippen LogP contribution in [-0.2, 0) is 9.53 Å². The van der Waals surface area contributed by atoms with E-state index in [4.69, 9.17) is 4.74 Å². The molecule has 0 spiro atoms. The maximum Gasteiger partial charge on any atom is 0.311 e. The Hall–Kier alpha value is -0.940. The average Bonchev–Trinajstić information content (AvgIpc) is 2.38. The number of carbonyl (C=O) groups excluding carboxylic acids is 1. The van der Waals surface area contributed by atoms with E-state index in [0.29, 0.717) is 12.0 Å². The van der Waals surface area contributed by atoms with E-state index in [9.17, 15) is 9.90 Å². The summed E-state index contributed by atoms with van der Waals surface area (Å²) in [5.41, 5.74) is 0.621. The van der Waals surface area contributed by atoms with Crippen molar-refractivity contribution in [3.63, 3.8) is 0 Å². The summed E-state index contributed by atoms with van der Waals surface area (Å²) >= 11 is 3.30. The molecule has 1 rings (SSSR count). The first kappa shape index (κ1) is 15.1. The topological polar surface area (TPSA) is 59.4 Å². The van der Waals surface area contributed by atoms with Crippen molar-refractivity contribution in [2.45, 2.75) is 32.3 Å². The molecule has 0 aliphatic rings. The smallest absolute Gasteiger partial charge is 0.311 e. The number of aromatic nitrogens is 1. The van der Waals surface area contributed by atoms with E-state index in [0.717, 1.165) is 17.3 Å². The van der Waals surface area contributed by atoms with E-state index in [1.165, 1.54) is 7.11 Å². The molecule has 0 saturated carbocycles. The van der Waals surface area contributed by atoms with Crippen LogP contribution in [0.15, 0.2) is 22.9 Å². The van der Waals surface area contributed by atoms with Gasteiger partial charge in [-0.15, -0.1) is 0 Å². The van der Waals surface area contributed by atoms with Crippen LogP contribution in [0.5, 0.6) is 0 Å². The Bertz CT molecular complexity index is 398. The largest absolute Gasteiger partial charge is 0.469 e. The van der Waals surface area contributed by atoms with Crippen LogP contribution in [0.3, 0.4) is 0 Å². The van der Waals surface area contributed by atoms with Crippen molar-refractivity contribution in [1.29, 1.82) is 0 Å². The fraction of sp³-hybridized carbons (Fsp3) is 0.538. The Morgan fingerprint density at radius 1 is 1.56 bits per heavy atom. The molecule has 0 aliphatic heterocycles. The van der Waals surface area contributed by atoms with Crippen molar-refractivity contribution in [2.75, 3.05) is 7.11 Å². The number of nitrogens with zero attached hydrogens (tertiary/aromatic N) is 1. The third-order valence-corrected chi connectivity index (χ3v) is 3.25. The third-order valence-electron chi connectivity index (χ3n) is 2.82. The van der Waals surface area contributed by atoms with Gasteiger partial charge >= 0.3 is 5.97 Å². The highest BCUT2D eigenvalue weighted by Gasteiger charge is 2.28. The molecule has 18 heavy (non-hydrogen) atoms. The number of esters is 1. The van der Waals surface area contributed by atoms with Crippen molar-refractivity contribution in [2.24, 2.45) is 5.92 Å². The van der Waals surface area contributed by atoms with Gasteiger partial charge in [0.2, 0.25) is 0 Å². The average molecular weight is 316 g/mol. The van der Waals surface area contributed by atoms with Gasteiger partial charge in [-0.25, -0.2) is 0 Å². The van der Waals surface area contributed by atoms with E-state index in [1.807, 2.05) is 6.92 Å². The molecule has 0 amide bonds. The van der Waals surface area contributed by atoms with Crippen LogP contribution >= 0.6 is 15.9 Å². The molecule has 0 saturated heterocycles. The highest BCUT2D eigenvalue weighted by atomic mass is 79.9. The standard InChI is InChI=1S/C13H18BrNO3/c1-3-4-5-11(13(17)18-2)12(16)9-6-10(14)8-15-7-9/h6-8,11-12,16H,3-5H2,1-2H3. The fourth-order valence-corrected chi connectivity index (χ4v) is 2.18. The zero-order valence-electron chi connectivity index (χ0n) is 10.6. The Morgan fingerprint density at radius 3 is 2.83 bits per heavy atom. The Morgan fingerprint density at radius 2 is 2.28 bits per heavy atom. The number of halogens is 1. The molecule has 0 aromatic carbocycles. The van der Waals surface area contributed by atoms with Gasteiger partial charge in [0.25, 0.3) is 0 Å². The Balaban J connectivity index is 2.87. The monoisotopic (exact) mass is 315 g/mol. The van der Waals surface area contributed by atoms with Gasteiger partial charge in [0.1, 0.15) is 0 Å². The van der Waals surface area contributed by atoms with Gasteiger partial charge in [-0.3, -0.25) is 9.78 Å². The normalized spacial score (nSPS) is 14.0.